The topological polar surface area (TPSA) is 94.7 Å². The van der Waals surface area contributed by atoms with Crippen LogP contribution in [0.5, 0.6) is 11.5 Å². The van der Waals surface area contributed by atoms with Crippen LogP contribution in [-0.4, -0.2) is 28.3 Å². The molecule has 0 saturated heterocycles. The van der Waals surface area contributed by atoms with Gasteiger partial charge >= 0.3 is 5.97 Å². The molecular formula is C14H16N2O5. The summed E-state index contributed by atoms with van der Waals surface area (Å²) >= 11 is 0. The summed E-state index contributed by atoms with van der Waals surface area (Å²) in [5.74, 6) is 0.353. The molecule has 0 unspecified atom stereocenters. The van der Waals surface area contributed by atoms with Crippen molar-refractivity contribution in [3.63, 3.8) is 0 Å². The number of nitrogens with zero attached hydrogens (tertiary/aromatic N) is 2. The first-order valence-corrected chi connectivity index (χ1v) is 6.38. The highest BCUT2D eigenvalue weighted by molar-refractivity contribution is 5.92. The van der Waals surface area contributed by atoms with Crippen molar-refractivity contribution >= 4 is 5.97 Å². The maximum Gasteiger partial charge on any atom is 0.339 e. The molecule has 1 aromatic heterocycles. The van der Waals surface area contributed by atoms with Crippen LogP contribution in [0.25, 0.3) is 0 Å². The summed E-state index contributed by atoms with van der Waals surface area (Å²) < 4.78 is 15.7. The van der Waals surface area contributed by atoms with Gasteiger partial charge in [-0.25, -0.2) is 4.79 Å². The second-order valence-corrected chi connectivity index (χ2v) is 4.63. The van der Waals surface area contributed by atoms with Crippen LogP contribution in [0.1, 0.15) is 41.8 Å². The molecule has 1 N–H and O–H groups in total. The number of ether oxygens (including phenoxy) is 2. The fourth-order valence-electron chi connectivity index (χ4n) is 1.69. The highest BCUT2D eigenvalue weighted by Gasteiger charge is 2.18. The van der Waals surface area contributed by atoms with Crippen LogP contribution in [0.15, 0.2) is 22.7 Å². The number of rotatable bonds is 6. The molecular weight excluding hydrogens is 276 g/mol. The average molecular weight is 292 g/mol. The van der Waals surface area contributed by atoms with Crippen LogP contribution >= 0.6 is 0 Å². The van der Waals surface area contributed by atoms with Gasteiger partial charge in [0.05, 0.1) is 7.11 Å². The molecule has 0 fully saturated rings. The van der Waals surface area contributed by atoms with Gasteiger partial charge < -0.3 is 19.1 Å². The summed E-state index contributed by atoms with van der Waals surface area (Å²) in [6, 6.07) is 4.65. The Balaban J connectivity index is 2.20. The van der Waals surface area contributed by atoms with E-state index in [1.54, 1.807) is 12.1 Å². The van der Waals surface area contributed by atoms with E-state index in [1.165, 1.54) is 13.2 Å². The molecule has 1 aromatic carbocycles. The van der Waals surface area contributed by atoms with Crippen molar-refractivity contribution < 1.29 is 23.9 Å². The Labute approximate surface area is 121 Å². The number of carboxylic acid groups (broad SMARTS) is 1. The Hall–Kier alpha value is -2.57. The number of methoxy groups -OCH3 is 1. The summed E-state index contributed by atoms with van der Waals surface area (Å²) in [7, 11) is 1.44. The minimum Gasteiger partial charge on any atom is -0.493 e. The first-order valence-electron chi connectivity index (χ1n) is 6.38. The van der Waals surface area contributed by atoms with Gasteiger partial charge in [0.1, 0.15) is 5.56 Å². The molecule has 0 aliphatic heterocycles. The fourth-order valence-corrected chi connectivity index (χ4v) is 1.69. The van der Waals surface area contributed by atoms with Gasteiger partial charge in [0.2, 0.25) is 11.7 Å². The Morgan fingerprint density at radius 1 is 1.43 bits per heavy atom. The van der Waals surface area contributed by atoms with Crippen molar-refractivity contribution in [1.29, 1.82) is 0 Å². The van der Waals surface area contributed by atoms with Crippen LogP contribution in [0.2, 0.25) is 0 Å². The zero-order chi connectivity index (χ0) is 15.4. The van der Waals surface area contributed by atoms with E-state index in [1.807, 2.05) is 13.8 Å². The first kappa shape index (κ1) is 14.8. The summed E-state index contributed by atoms with van der Waals surface area (Å²) in [5.41, 5.74) is 0.0157. The van der Waals surface area contributed by atoms with Gasteiger partial charge in [-0.15, -0.1) is 0 Å². The summed E-state index contributed by atoms with van der Waals surface area (Å²) in [6.07, 6.45) is 0. The van der Waals surface area contributed by atoms with E-state index in [4.69, 9.17) is 14.0 Å². The maximum absolute atomic E-state index is 11.2. The Bertz CT molecular complexity index is 636. The van der Waals surface area contributed by atoms with Crippen LogP contribution < -0.4 is 9.47 Å². The summed E-state index contributed by atoms with van der Waals surface area (Å²) in [6.45, 7) is 3.86. The molecule has 0 atom stereocenters. The third-order valence-corrected chi connectivity index (χ3v) is 2.75. The van der Waals surface area contributed by atoms with Gasteiger partial charge in [-0.05, 0) is 12.1 Å². The zero-order valence-electron chi connectivity index (χ0n) is 12.0. The van der Waals surface area contributed by atoms with Crippen LogP contribution in [-0.2, 0) is 6.61 Å². The fraction of sp³-hybridized carbons (Fsp3) is 0.357. The van der Waals surface area contributed by atoms with E-state index < -0.39 is 5.97 Å². The third kappa shape index (κ3) is 3.31. The lowest BCUT2D eigenvalue weighted by atomic mass is 10.2. The second-order valence-electron chi connectivity index (χ2n) is 4.63. The molecule has 112 valence electrons. The molecule has 1 heterocycles. The molecule has 0 radical (unpaired) electrons. The molecule has 0 spiro atoms. The average Bonchev–Trinajstić information content (AvgIpc) is 2.93. The predicted octanol–water partition coefficient (Wildman–Crippen LogP) is 2.48. The van der Waals surface area contributed by atoms with Crippen molar-refractivity contribution in [2.75, 3.05) is 7.11 Å². The Morgan fingerprint density at radius 2 is 2.19 bits per heavy atom. The molecule has 7 nitrogen and oxygen atoms in total. The van der Waals surface area contributed by atoms with Crippen molar-refractivity contribution in [1.82, 2.24) is 10.1 Å². The monoisotopic (exact) mass is 292 g/mol. The lowest BCUT2D eigenvalue weighted by molar-refractivity contribution is 0.0690. The van der Waals surface area contributed by atoms with Gasteiger partial charge in [0.25, 0.3) is 0 Å². The highest BCUT2D eigenvalue weighted by atomic mass is 16.5. The minimum absolute atomic E-state index is 0.00310. The lowest BCUT2D eigenvalue weighted by Gasteiger charge is -2.11. The first-order chi connectivity index (χ1) is 10.0. The van der Waals surface area contributed by atoms with Crippen molar-refractivity contribution in [3.8, 4) is 11.5 Å². The zero-order valence-corrected chi connectivity index (χ0v) is 12.0. The van der Waals surface area contributed by atoms with E-state index in [-0.39, 0.29) is 23.8 Å². The molecule has 0 saturated carbocycles. The Morgan fingerprint density at radius 3 is 2.76 bits per heavy atom. The molecule has 0 bridgehead atoms. The Kier molecular flexibility index (Phi) is 4.42. The summed E-state index contributed by atoms with van der Waals surface area (Å²) in [4.78, 5) is 15.4. The number of carboxylic acids is 1. The van der Waals surface area contributed by atoms with Gasteiger partial charge in [-0.2, -0.15) is 4.98 Å². The SMILES string of the molecule is COc1cccc(C(=O)O)c1OCc1noc(C(C)C)n1. The van der Waals surface area contributed by atoms with Crippen molar-refractivity contribution in [2.24, 2.45) is 0 Å². The number of para-hydroxylation sites is 1. The number of hydrogen-bond donors (Lipinski definition) is 1. The molecule has 2 rings (SSSR count). The number of aromatic nitrogens is 2. The van der Waals surface area contributed by atoms with E-state index >= 15 is 0 Å². The largest absolute Gasteiger partial charge is 0.493 e. The standard InChI is InChI=1S/C14H16N2O5/c1-8(2)13-15-11(16-21-13)7-20-12-9(14(17)18)5-4-6-10(12)19-3/h4-6,8H,7H2,1-3H3,(H,17,18). The van der Waals surface area contributed by atoms with Gasteiger partial charge in [-0.1, -0.05) is 25.1 Å². The highest BCUT2D eigenvalue weighted by Crippen LogP contribution is 2.31. The second kappa shape index (κ2) is 6.25. The maximum atomic E-state index is 11.2. The number of aromatic carboxylic acids is 1. The van der Waals surface area contributed by atoms with Crippen LogP contribution in [0.3, 0.4) is 0 Å². The van der Waals surface area contributed by atoms with E-state index in [9.17, 15) is 9.90 Å². The van der Waals surface area contributed by atoms with Gasteiger partial charge in [0.15, 0.2) is 18.1 Å². The van der Waals surface area contributed by atoms with E-state index in [0.717, 1.165) is 0 Å². The predicted molar refractivity (Wildman–Crippen MR) is 72.7 cm³/mol. The number of hydrogen-bond acceptors (Lipinski definition) is 6. The van der Waals surface area contributed by atoms with Gasteiger partial charge in [-0.3, -0.25) is 0 Å². The van der Waals surface area contributed by atoms with E-state index in [0.29, 0.717) is 17.5 Å². The molecule has 2 aromatic rings. The lowest BCUT2D eigenvalue weighted by Crippen LogP contribution is -2.06. The molecule has 7 heteroatoms. The van der Waals surface area contributed by atoms with Crippen LogP contribution in [0, 0.1) is 0 Å². The number of benzene rings is 1. The smallest absolute Gasteiger partial charge is 0.339 e. The summed E-state index contributed by atoms with van der Waals surface area (Å²) in [5, 5.41) is 13.0. The molecule has 0 aliphatic rings. The molecule has 21 heavy (non-hydrogen) atoms. The van der Waals surface area contributed by atoms with Crippen molar-refractivity contribution in [2.45, 2.75) is 26.4 Å². The van der Waals surface area contributed by atoms with Crippen molar-refractivity contribution in [3.05, 3.63) is 35.5 Å². The van der Waals surface area contributed by atoms with E-state index in [2.05, 4.69) is 10.1 Å². The molecule has 0 amide bonds. The van der Waals surface area contributed by atoms with Crippen LogP contribution in [0.4, 0.5) is 0 Å². The third-order valence-electron chi connectivity index (χ3n) is 2.75. The minimum atomic E-state index is -1.10. The quantitative estimate of drug-likeness (QED) is 0.873. The van der Waals surface area contributed by atoms with Gasteiger partial charge in [0, 0.05) is 5.92 Å². The molecule has 0 aliphatic carbocycles. The number of carbonyl (C=O) groups is 1. The normalized spacial score (nSPS) is 10.7.